The predicted molar refractivity (Wildman–Crippen MR) is 67.4 cm³/mol. The van der Waals surface area contributed by atoms with Crippen LogP contribution in [0.15, 0.2) is 21.9 Å². The minimum atomic E-state index is -1.62. The van der Waals surface area contributed by atoms with Crippen LogP contribution >= 0.6 is 0 Å². The zero-order chi connectivity index (χ0) is 14.6. The lowest BCUT2D eigenvalue weighted by Gasteiger charge is -2.32. The van der Waals surface area contributed by atoms with Crippen molar-refractivity contribution in [1.29, 1.82) is 0 Å². The fourth-order valence-electron chi connectivity index (χ4n) is 1.54. The highest BCUT2D eigenvalue weighted by atomic mass is 16.5. The van der Waals surface area contributed by atoms with E-state index in [0.717, 1.165) is 10.6 Å². The number of aromatic nitrogens is 2. The first-order valence-electron chi connectivity index (χ1n) is 5.62. The Hall–Kier alpha value is -1.88. The number of ether oxygens (including phenoxy) is 1. The smallest absolute Gasteiger partial charge is 0.330 e. The molecular weight excluding hydrogens is 252 g/mol. The Morgan fingerprint density at radius 1 is 1.58 bits per heavy atom. The summed E-state index contributed by atoms with van der Waals surface area (Å²) < 4.78 is 6.50. The molecule has 3 atom stereocenters. The molecule has 0 fully saturated rings. The molecule has 0 saturated carbocycles. The van der Waals surface area contributed by atoms with Gasteiger partial charge in [0, 0.05) is 12.3 Å². The maximum atomic E-state index is 11.6. The number of H-pyrrole nitrogens is 1. The van der Waals surface area contributed by atoms with Gasteiger partial charge in [-0.2, -0.15) is 0 Å². The van der Waals surface area contributed by atoms with Gasteiger partial charge in [0.2, 0.25) is 0 Å². The number of nitrogens with zero attached hydrogens (tertiary/aromatic N) is 1. The number of rotatable bonds is 5. The van der Waals surface area contributed by atoms with Crippen molar-refractivity contribution in [3.63, 3.8) is 0 Å². The van der Waals surface area contributed by atoms with Crippen LogP contribution in [-0.2, 0) is 4.74 Å². The third kappa shape index (κ3) is 3.12. The second-order valence-electron chi connectivity index (χ2n) is 4.10. The van der Waals surface area contributed by atoms with Gasteiger partial charge in [-0.05, 0) is 13.8 Å². The Kier molecular flexibility index (Phi) is 4.67. The van der Waals surface area contributed by atoms with Crippen LogP contribution in [0.2, 0.25) is 0 Å². The highest BCUT2D eigenvalue weighted by Gasteiger charge is 2.36. The van der Waals surface area contributed by atoms with Crippen molar-refractivity contribution in [2.45, 2.75) is 31.8 Å². The fourth-order valence-corrected chi connectivity index (χ4v) is 1.54. The summed E-state index contributed by atoms with van der Waals surface area (Å²) in [6.07, 6.45) is 4.50. The number of aliphatic hydroxyl groups is 2. The Balaban J connectivity index is 3.08. The molecule has 19 heavy (non-hydrogen) atoms. The van der Waals surface area contributed by atoms with Crippen LogP contribution in [0.5, 0.6) is 0 Å². The summed E-state index contributed by atoms with van der Waals surface area (Å²) in [5, 5.41) is 18.9. The van der Waals surface area contributed by atoms with E-state index in [1.54, 1.807) is 0 Å². The van der Waals surface area contributed by atoms with E-state index in [1.165, 1.54) is 20.0 Å². The molecule has 1 aromatic heterocycles. The summed E-state index contributed by atoms with van der Waals surface area (Å²) in [5.74, 6) is 2.19. The van der Waals surface area contributed by atoms with Gasteiger partial charge in [0.15, 0.2) is 5.60 Å². The number of hydrogen-bond donors (Lipinski definition) is 3. The number of terminal acetylenes is 1. The second-order valence-corrected chi connectivity index (χ2v) is 4.10. The quantitative estimate of drug-likeness (QED) is 0.583. The molecular formula is C12H16N2O5. The van der Waals surface area contributed by atoms with Gasteiger partial charge in [0.1, 0.15) is 6.23 Å². The van der Waals surface area contributed by atoms with Crippen molar-refractivity contribution in [2.75, 3.05) is 6.61 Å². The molecule has 1 aromatic rings. The Morgan fingerprint density at radius 3 is 2.63 bits per heavy atom. The maximum absolute atomic E-state index is 11.6. The molecule has 0 unspecified atom stereocenters. The summed E-state index contributed by atoms with van der Waals surface area (Å²) in [5.41, 5.74) is -2.82. The molecule has 0 aromatic carbocycles. The van der Waals surface area contributed by atoms with E-state index in [0.29, 0.717) is 0 Å². The molecule has 0 saturated heterocycles. The van der Waals surface area contributed by atoms with Crippen molar-refractivity contribution in [2.24, 2.45) is 0 Å². The highest BCUT2D eigenvalue weighted by Crippen LogP contribution is 2.21. The van der Waals surface area contributed by atoms with Crippen molar-refractivity contribution < 1.29 is 14.9 Å². The van der Waals surface area contributed by atoms with Crippen LogP contribution in [0.4, 0.5) is 0 Å². The van der Waals surface area contributed by atoms with Crippen LogP contribution in [-0.4, -0.2) is 38.1 Å². The van der Waals surface area contributed by atoms with Gasteiger partial charge in [-0.25, -0.2) is 4.79 Å². The average molecular weight is 268 g/mol. The fraction of sp³-hybridized carbons (Fsp3) is 0.500. The summed E-state index contributed by atoms with van der Waals surface area (Å²) in [6.45, 7) is 2.27. The molecule has 0 amide bonds. The largest absolute Gasteiger partial charge is 0.392 e. The third-order valence-corrected chi connectivity index (χ3v) is 2.78. The minimum absolute atomic E-state index is 0.533. The van der Waals surface area contributed by atoms with Crippen LogP contribution < -0.4 is 11.2 Å². The summed E-state index contributed by atoms with van der Waals surface area (Å²) in [7, 11) is 0. The predicted octanol–water partition coefficient (Wildman–Crippen LogP) is -1.18. The lowest BCUT2D eigenvalue weighted by molar-refractivity contribution is -0.155. The number of nitrogens with one attached hydrogen (secondary N) is 1. The Labute approximate surface area is 109 Å². The lowest BCUT2D eigenvalue weighted by atomic mass is 10.00. The number of aromatic amines is 1. The van der Waals surface area contributed by atoms with E-state index >= 15 is 0 Å². The molecule has 0 aliphatic carbocycles. The Bertz CT molecular complexity index is 583. The van der Waals surface area contributed by atoms with E-state index in [1.807, 2.05) is 0 Å². The number of aliphatic hydroxyl groups excluding tert-OH is 2. The van der Waals surface area contributed by atoms with Crippen LogP contribution in [0.3, 0.4) is 0 Å². The first-order valence-corrected chi connectivity index (χ1v) is 5.62. The van der Waals surface area contributed by atoms with E-state index in [9.17, 15) is 19.8 Å². The zero-order valence-corrected chi connectivity index (χ0v) is 10.7. The second kappa shape index (κ2) is 5.84. The van der Waals surface area contributed by atoms with E-state index in [4.69, 9.17) is 11.2 Å². The monoisotopic (exact) mass is 268 g/mol. The zero-order valence-electron chi connectivity index (χ0n) is 10.7. The SMILES string of the molecule is C#C[C@](CO)(O[C@H](C)n1ccc(=O)[nH]c1=O)[C@H](C)O. The normalized spacial score (nSPS) is 17.2. The molecule has 0 bridgehead atoms. The van der Waals surface area contributed by atoms with Gasteiger partial charge < -0.3 is 14.9 Å². The minimum Gasteiger partial charge on any atom is -0.392 e. The first-order chi connectivity index (χ1) is 8.86. The van der Waals surface area contributed by atoms with Crippen molar-refractivity contribution in [3.8, 4) is 12.3 Å². The van der Waals surface area contributed by atoms with E-state index < -0.39 is 35.8 Å². The molecule has 0 radical (unpaired) electrons. The standard InChI is InChI=1S/C12H16N2O5/c1-4-12(7-15,8(2)16)19-9(3)14-6-5-10(17)13-11(14)18/h1,5-6,8-9,15-16H,7H2,2-3H3,(H,13,17,18)/t8-,9+,12+/m0/s1. The molecule has 0 aliphatic heterocycles. The molecule has 1 heterocycles. The van der Waals surface area contributed by atoms with Crippen molar-refractivity contribution in [1.82, 2.24) is 9.55 Å². The average Bonchev–Trinajstić information content (AvgIpc) is 2.35. The topological polar surface area (TPSA) is 105 Å². The van der Waals surface area contributed by atoms with Gasteiger partial charge >= 0.3 is 5.69 Å². The van der Waals surface area contributed by atoms with Gasteiger partial charge in [0.05, 0.1) is 12.7 Å². The van der Waals surface area contributed by atoms with Crippen LogP contribution in [0, 0.1) is 12.3 Å². The summed E-state index contributed by atoms with van der Waals surface area (Å²) >= 11 is 0. The van der Waals surface area contributed by atoms with Gasteiger partial charge in [-0.1, -0.05) is 5.92 Å². The van der Waals surface area contributed by atoms with Gasteiger partial charge in [0.25, 0.3) is 5.56 Å². The highest BCUT2D eigenvalue weighted by molar-refractivity contribution is 5.12. The molecule has 7 nitrogen and oxygen atoms in total. The van der Waals surface area contributed by atoms with Crippen LogP contribution in [0.25, 0.3) is 0 Å². The summed E-state index contributed by atoms with van der Waals surface area (Å²) in [4.78, 5) is 24.6. The van der Waals surface area contributed by atoms with Gasteiger partial charge in [-0.15, -0.1) is 6.42 Å². The molecule has 7 heteroatoms. The van der Waals surface area contributed by atoms with Crippen molar-refractivity contribution >= 4 is 0 Å². The summed E-state index contributed by atoms with van der Waals surface area (Å²) in [6, 6.07) is 1.15. The maximum Gasteiger partial charge on any atom is 0.330 e. The van der Waals surface area contributed by atoms with Crippen molar-refractivity contribution in [3.05, 3.63) is 33.1 Å². The first kappa shape index (κ1) is 15.2. The van der Waals surface area contributed by atoms with Crippen LogP contribution in [0.1, 0.15) is 20.1 Å². The molecule has 104 valence electrons. The lowest BCUT2D eigenvalue weighted by Crippen LogP contribution is -2.48. The van der Waals surface area contributed by atoms with Gasteiger partial charge in [-0.3, -0.25) is 14.3 Å². The molecule has 3 N–H and O–H groups in total. The number of hydrogen-bond acceptors (Lipinski definition) is 5. The molecule has 1 rings (SSSR count). The van der Waals surface area contributed by atoms with E-state index in [2.05, 4.69) is 10.9 Å². The molecule has 0 spiro atoms. The Morgan fingerprint density at radius 2 is 2.21 bits per heavy atom. The third-order valence-electron chi connectivity index (χ3n) is 2.78. The molecule has 0 aliphatic rings. The van der Waals surface area contributed by atoms with E-state index in [-0.39, 0.29) is 0 Å².